The summed E-state index contributed by atoms with van der Waals surface area (Å²) in [5.74, 6) is 0.367. The number of fused-ring (bicyclic) bond motifs is 1. The minimum Gasteiger partial charge on any atom is -0.391 e. The molecule has 0 N–H and O–H groups in total. The van der Waals surface area contributed by atoms with Crippen molar-refractivity contribution in [3.8, 4) is 5.88 Å². The second-order valence-corrected chi connectivity index (χ2v) is 5.28. The first-order valence-electron chi connectivity index (χ1n) is 7.07. The van der Waals surface area contributed by atoms with E-state index in [-0.39, 0.29) is 12.1 Å². The number of rotatable bonds is 1. The summed E-state index contributed by atoms with van der Waals surface area (Å²) in [4.78, 5) is 18.2. The van der Waals surface area contributed by atoms with Gasteiger partial charge in [0.05, 0.1) is 0 Å². The van der Waals surface area contributed by atoms with Crippen LogP contribution in [-0.4, -0.2) is 28.6 Å². The summed E-state index contributed by atoms with van der Waals surface area (Å²) in [6, 6.07) is 9.95. The van der Waals surface area contributed by atoms with Gasteiger partial charge in [-0.3, -0.25) is 0 Å². The maximum Gasteiger partial charge on any atom is 0.416 e. The zero-order valence-electron chi connectivity index (χ0n) is 11.6. The Bertz CT molecular complexity index is 627. The number of benzene rings is 1. The lowest BCUT2D eigenvalue weighted by Gasteiger charge is -2.32. The molecule has 1 aromatic carbocycles. The van der Waals surface area contributed by atoms with Crippen LogP contribution in [-0.2, 0) is 0 Å². The van der Waals surface area contributed by atoms with E-state index in [4.69, 9.17) is 4.74 Å². The number of ether oxygens (including phenoxy) is 1. The molecule has 1 amide bonds. The van der Waals surface area contributed by atoms with Gasteiger partial charge >= 0.3 is 6.09 Å². The fourth-order valence-corrected chi connectivity index (χ4v) is 2.64. The van der Waals surface area contributed by atoms with E-state index in [9.17, 15) is 4.79 Å². The molecule has 1 aromatic heterocycles. The first-order chi connectivity index (χ1) is 9.74. The molecule has 2 heterocycles. The topological polar surface area (TPSA) is 42.4 Å². The van der Waals surface area contributed by atoms with Gasteiger partial charge in [-0.1, -0.05) is 24.3 Å². The Balaban J connectivity index is 1.76. The van der Waals surface area contributed by atoms with Gasteiger partial charge in [-0.2, -0.15) is 0 Å². The minimum atomic E-state index is -0.292. The van der Waals surface area contributed by atoms with Gasteiger partial charge in [0, 0.05) is 30.2 Å². The van der Waals surface area contributed by atoms with E-state index in [0.29, 0.717) is 5.88 Å². The molecule has 1 unspecified atom stereocenters. The number of carbonyl (C=O) groups is 1. The van der Waals surface area contributed by atoms with Crippen molar-refractivity contribution in [1.29, 1.82) is 0 Å². The van der Waals surface area contributed by atoms with Crippen molar-refractivity contribution in [1.82, 2.24) is 9.88 Å². The average molecular weight is 270 g/mol. The van der Waals surface area contributed by atoms with Crippen LogP contribution >= 0.6 is 0 Å². The third kappa shape index (κ3) is 2.59. The average Bonchev–Trinajstić information content (AvgIpc) is 2.47. The number of hydrogen-bond acceptors (Lipinski definition) is 3. The van der Waals surface area contributed by atoms with Crippen LogP contribution in [0.1, 0.15) is 26.2 Å². The molecule has 1 saturated heterocycles. The van der Waals surface area contributed by atoms with Crippen LogP contribution in [0.25, 0.3) is 10.8 Å². The monoisotopic (exact) mass is 270 g/mol. The second kappa shape index (κ2) is 5.49. The highest BCUT2D eigenvalue weighted by Crippen LogP contribution is 2.21. The largest absolute Gasteiger partial charge is 0.416 e. The summed E-state index contributed by atoms with van der Waals surface area (Å²) < 4.78 is 5.41. The Morgan fingerprint density at radius 1 is 1.30 bits per heavy atom. The fraction of sp³-hybridized carbons (Fsp3) is 0.375. The summed E-state index contributed by atoms with van der Waals surface area (Å²) in [7, 11) is 0. The summed E-state index contributed by atoms with van der Waals surface area (Å²) >= 11 is 0. The van der Waals surface area contributed by atoms with Crippen molar-refractivity contribution in [3.63, 3.8) is 0 Å². The molecule has 1 fully saturated rings. The lowest BCUT2D eigenvalue weighted by Crippen LogP contribution is -2.43. The first kappa shape index (κ1) is 12.9. The highest BCUT2D eigenvalue weighted by molar-refractivity contribution is 5.83. The lowest BCUT2D eigenvalue weighted by atomic mass is 10.0. The SMILES string of the molecule is CC1CCCCN1C(=O)Oc1cc2ccccc2cn1. The van der Waals surface area contributed by atoms with E-state index >= 15 is 0 Å². The predicted molar refractivity (Wildman–Crippen MR) is 77.8 cm³/mol. The van der Waals surface area contributed by atoms with Crippen molar-refractivity contribution in [2.45, 2.75) is 32.2 Å². The number of amides is 1. The fourth-order valence-electron chi connectivity index (χ4n) is 2.64. The molecule has 2 aromatic rings. The van der Waals surface area contributed by atoms with Gasteiger partial charge in [-0.25, -0.2) is 9.78 Å². The number of aromatic nitrogens is 1. The van der Waals surface area contributed by atoms with E-state index in [0.717, 1.165) is 30.2 Å². The minimum absolute atomic E-state index is 0.247. The molecule has 1 aliphatic heterocycles. The Hall–Kier alpha value is -2.10. The first-order valence-corrected chi connectivity index (χ1v) is 7.07. The number of likely N-dealkylation sites (tertiary alicyclic amines) is 1. The van der Waals surface area contributed by atoms with E-state index < -0.39 is 0 Å². The number of pyridine rings is 1. The normalized spacial score (nSPS) is 19.1. The van der Waals surface area contributed by atoms with Crippen LogP contribution in [0.15, 0.2) is 36.5 Å². The molecule has 3 rings (SSSR count). The van der Waals surface area contributed by atoms with E-state index in [1.54, 1.807) is 11.1 Å². The summed E-state index contributed by atoms with van der Waals surface area (Å²) in [6.07, 6.45) is 4.71. The van der Waals surface area contributed by atoms with Crippen molar-refractivity contribution in [3.05, 3.63) is 36.5 Å². The Kier molecular flexibility index (Phi) is 3.54. The molecule has 0 radical (unpaired) electrons. The molecule has 1 aliphatic rings. The van der Waals surface area contributed by atoms with E-state index in [1.807, 2.05) is 30.3 Å². The Morgan fingerprint density at radius 2 is 2.10 bits per heavy atom. The summed E-state index contributed by atoms with van der Waals surface area (Å²) in [5.41, 5.74) is 0. The number of carbonyl (C=O) groups excluding carboxylic acids is 1. The number of nitrogens with zero attached hydrogens (tertiary/aromatic N) is 2. The Labute approximate surface area is 118 Å². The molecule has 104 valence electrons. The quantitative estimate of drug-likeness (QED) is 0.795. The summed E-state index contributed by atoms with van der Waals surface area (Å²) in [5, 5.41) is 2.07. The molecule has 0 saturated carbocycles. The summed E-state index contributed by atoms with van der Waals surface area (Å²) in [6.45, 7) is 2.84. The second-order valence-electron chi connectivity index (χ2n) is 5.28. The zero-order chi connectivity index (χ0) is 13.9. The van der Waals surface area contributed by atoms with Crippen LogP contribution in [0.2, 0.25) is 0 Å². The third-order valence-electron chi connectivity index (χ3n) is 3.84. The molecule has 1 atom stereocenters. The highest BCUT2D eigenvalue weighted by atomic mass is 16.6. The van der Waals surface area contributed by atoms with Crippen LogP contribution in [0, 0.1) is 0 Å². The Morgan fingerprint density at radius 3 is 2.90 bits per heavy atom. The molecular formula is C16H18N2O2. The van der Waals surface area contributed by atoms with E-state index in [1.165, 1.54) is 6.42 Å². The van der Waals surface area contributed by atoms with Gasteiger partial charge in [0.2, 0.25) is 5.88 Å². The van der Waals surface area contributed by atoms with Crippen molar-refractivity contribution >= 4 is 16.9 Å². The predicted octanol–water partition coefficient (Wildman–Crippen LogP) is 3.61. The molecule has 20 heavy (non-hydrogen) atoms. The number of piperidine rings is 1. The van der Waals surface area contributed by atoms with Crippen LogP contribution in [0.5, 0.6) is 5.88 Å². The molecule has 0 bridgehead atoms. The van der Waals surface area contributed by atoms with Gasteiger partial charge in [-0.15, -0.1) is 0 Å². The standard InChI is InChI=1S/C16H18N2O2/c1-12-6-4-5-9-18(12)16(19)20-15-10-13-7-2-3-8-14(13)11-17-15/h2-3,7-8,10-12H,4-6,9H2,1H3. The molecule has 0 aliphatic carbocycles. The molecule has 4 heteroatoms. The van der Waals surface area contributed by atoms with Crippen LogP contribution in [0.4, 0.5) is 4.79 Å². The van der Waals surface area contributed by atoms with Gasteiger partial charge in [0.25, 0.3) is 0 Å². The molecular weight excluding hydrogens is 252 g/mol. The number of hydrogen-bond donors (Lipinski definition) is 0. The van der Waals surface area contributed by atoms with Crippen LogP contribution in [0.3, 0.4) is 0 Å². The van der Waals surface area contributed by atoms with Gasteiger partial charge in [0.1, 0.15) is 0 Å². The van der Waals surface area contributed by atoms with Gasteiger partial charge in [0.15, 0.2) is 0 Å². The molecule has 0 spiro atoms. The lowest BCUT2D eigenvalue weighted by molar-refractivity contribution is 0.117. The van der Waals surface area contributed by atoms with Crippen LogP contribution < -0.4 is 4.74 Å². The molecule has 4 nitrogen and oxygen atoms in total. The van der Waals surface area contributed by atoms with E-state index in [2.05, 4.69) is 11.9 Å². The zero-order valence-corrected chi connectivity index (χ0v) is 11.6. The maximum absolute atomic E-state index is 12.2. The maximum atomic E-state index is 12.2. The van der Waals surface area contributed by atoms with Gasteiger partial charge in [-0.05, 0) is 31.6 Å². The van der Waals surface area contributed by atoms with Crippen molar-refractivity contribution < 1.29 is 9.53 Å². The van der Waals surface area contributed by atoms with Gasteiger partial charge < -0.3 is 9.64 Å². The van der Waals surface area contributed by atoms with Crippen molar-refractivity contribution in [2.24, 2.45) is 0 Å². The third-order valence-corrected chi connectivity index (χ3v) is 3.84. The van der Waals surface area contributed by atoms with Crippen molar-refractivity contribution in [2.75, 3.05) is 6.54 Å². The smallest absolute Gasteiger partial charge is 0.391 e. The highest BCUT2D eigenvalue weighted by Gasteiger charge is 2.25.